The van der Waals surface area contributed by atoms with Crippen molar-refractivity contribution in [2.75, 3.05) is 0 Å². The molecule has 188 valence electrons. The topological polar surface area (TPSA) is 106 Å². The maximum absolute atomic E-state index is 13.2. The van der Waals surface area contributed by atoms with Crippen LogP contribution in [0.15, 0.2) is 102 Å². The van der Waals surface area contributed by atoms with E-state index in [1.54, 1.807) is 60.9 Å². The largest absolute Gasteiger partial charge is 0.489 e. The molecule has 2 N–H and O–H groups in total. The number of halogens is 1. The van der Waals surface area contributed by atoms with Gasteiger partial charge in [-0.2, -0.15) is 4.72 Å². The zero-order valence-corrected chi connectivity index (χ0v) is 21.1. The summed E-state index contributed by atoms with van der Waals surface area (Å²) in [7, 11) is -4.09. The Morgan fingerprint density at radius 2 is 1.73 bits per heavy atom. The monoisotopic (exact) mass is 534 g/mol. The van der Waals surface area contributed by atoms with Crippen LogP contribution >= 0.6 is 11.6 Å². The third-order valence-corrected chi connectivity index (χ3v) is 8.17. The third kappa shape index (κ3) is 5.36. The molecule has 1 aliphatic rings. The van der Waals surface area contributed by atoms with Gasteiger partial charge >= 0.3 is 5.97 Å². The highest BCUT2D eigenvalue weighted by Gasteiger charge is 2.63. The summed E-state index contributed by atoms with van der Waals surface area (Å²) in [6.07, 6.45) is 3.52. The van der Waals surface area contributed by atoms with Gasteiger partial charge in [0.25, 0.3) is 0 Å². The molecule has 1 unspecified atom stereocenters. The van der Waals surface area contributed by atoms with E-state index in [-0.39, 0.29) is 11.3 Å². The highest BCUT2D eigenvalue weighted by atomic mass is 35.5. The van der Waals surface area contributed by atoms with Gasteiger partial charge in [-0.3, -0.25) is 9.78 Å². The number of carboxylic acids is 1. The van der Waals surface area contributed by atoms with Crippen molar-refractivity contribution in [1.29, 1.82) is 0 Å². The summed E-state index contributed by atoms with van der Waals surface area (Å²) in [6, 6.07) is 24.3. The van der Waals surface area contributed by atoms with E-state index in [9.17, 15) is 18.3 Å². The van der Waals surface area contributed by atoms with Crippen molar-refractivity contribution in [1.82, 2.24) is 9.71 Å². The average Bonchev–Trinajstić information content (AvgIpc) is 3.64. The number of hydrogen-bond acceptors (Lipinski definition) is 5. The van der Waals surface area contributed by atoms with Crippen molar-refractivity contribution in [2.45, 2.75) is 29.4 Å². The van der Waals surface area contributed by atoms with E-state index in [1.165, 1.54) is 12.1 Å². The van der Waals surface area contributed by atoms with Crippen LogP contribution in [0.2, 0.25) is 5.02 Å². The molecule has 0 saturated heterocycles. The predicted molar refractivity (Wildman–Crippen MR) is 140 cm³/mol. The molecule has 0 radical (unpaired) electrons. The Labute approximate surface area is 219 Å². The van der Waals surface area contributed by atoms with Gasteiger partial charge in [-0.15, -0.1) is 0 Å². The first-order valence-electron chi connectivity index (χ1n) is 11.5. The summed E-state index contributed by atoms with van der Waals surface area (Å²) in [5.41, 5.74) is 1.66. The summed E-state index contributed by atoms with van der Waals surface area (Å²) in [5.74, 6) is -1.19. The van der Waals surface area contributed by atoms with Crippen LogP contribution in [0, 0.1) is 0 Å². The van der Waals surface area contributed by atoms with Crippen LogP contribution in [-0.2, 0) is 21.4 Å². The van der Waals surface area contributed by atoms with E-state index in [0.29, 0.717) is 22.9 Å². The first-order chi connectivity index (χ1) is 17.8. The Kier molecular flexibility index (Phi) is 6.72. The molecular formula is C28H23ClN2O5S. The van der Waals surface area contributed by atoms with Crippen LogP contribution in [0.5, 0.6) is 5.75 Å². The van der Waals surface area contributed by atoms with E-state index in [4.69, 9.17) is 16.3 Å². The Morgan fingerprint density at radius 3 is 2.38 bits per heavy atom. The molecule has 4 aromatic rings. The van der Waals surface area contributed by atoms with E-state index in [2.05, 4.69) is 9.71 Å². The number of nitrogens with zero attached hydrogens (tertiary/aromatic N) is 1. The molecule has 2 atom stereocenters. The van der Waals surface area contributed by atoms with E-state index in [1.807, 2.05) is 24.3 Å². The zero-order valence-electron chi connectivity index (χ0n) is 19.5. The second-order valence-electron chi connectivity index (χ2n) is 8.89. The molecule has 0 aliphatic heterocycles. The fourth-order valence-electron chi connectivity index (χ4n) is 4.30. The fourth-order valence-corrected chi connectivity index (χ4v) is 5.83. The summed E-state index contributed by atoms with van der Waals surface area (Å²) >= 11 is 5.94. The lowest BCUT2D eigenvalue weighted by molar-refractivity contribution is -0.140. The standard InChI is InChI=1S/C28H23ClN2O5S/c29-23-10-6-20(7-11-23)21-8-12-25(13-9-21)37(34,35)31-28(27(32)33)16-26(28)22-4-1-5-24(15-22)36-18-19-3-2-14-30-17-19/h1-15,17,26,31H,16,18H2,(H,32,33)/t26-,28?/m0/s1. The zero-order chi connectivity index (χ0) is 26.0. The minimum absolute atomic E-state index is 0.00922. The van der Waals surface area contributed by atoms with Gasteiger partial charge in [0.05, 0.1) is 4.90 Å². The van der Waals surface area contributed by atoms with Gasteiger partial charge in [-0.05, 0) is 65.6 Å². The molecule has 1 fully saturated rings. The van der Waals surface area contributed by atoms with Crippen LogP contribution < -0.4 is 9.46 Å². The molecular weight excluding hydrogens is 512 g/mol. The van der Waals surface area contributed by atoms with E-state index >= 15 is 0 Å². The van der Waals surface area contributed by atoms with E-state index in [0.717, 1.165) is 16.7 Å². The van der Waals surface area contributed by atoms with Gasteiger partial charge in [0.2, 0.25) is 10.0 Å². The quantitative estimate of drug-likeness (QED) is 0.303. The summed E-state index contributed by atoms with van der Waals surface area (Å²) < 4.78 is 34.6. The molecule has 0 spiro atoms. The van der Waals surface area contributed by atoms with Gasteiger partial charge < -0.3 is 9.84 Å². The van der Waals surface area contributed by atoms with Crippen molar-refractivity contribution < 1.29 is 23.1 Å². The van der Waals surface area contributed by atoms with Crippen LogP contribution in [0.3, 0.4) is 0 Å². The Balaban J connectivity index is 1.32. The average molecular weight is 535 g/mol. The second kappa shape index (κ2) is 9.97. The minimum atomic E-state index is -4.09. The number of rotatable bonds is 9. The molecule has 37 heavy (non-hydrogen) atoms. The molecule has 7 nitrogen and oxygen atoms in total. The lowest BCUT2D eigenvalue weighted by atomic mass is 10.1. The van der Waals surface area contributed by atoms with Crippen LogP contribution in [0.1, 0.15) is 23.5 Å². The Morgan fingerprint density at radius 1 is 1.03 bits per heavy atom. The second-order valence-corrected chi connectivity index (χ2v) is 11.0. The first kappa shape index (κ1) is 25.0. The number of pyridine rings is 1. The molecule has 0 bridgehead atoms. The summed E-state index contributed by atoms with van der Waals surface area (Å²) in [4.78, 5) is 16.3. The fraction of sp³-hybridized carbons (Fsp3) is 0.143. The van der Waals surface area contributed by atoms with Crippen LogP contribution in [0.25, 0.3) is 11.1 Å². The predicted octanol–water partition coefficient (Wildman–Crippen LogP) is 5.27. The molecule has 0 amide bonds. The Bertz CT molecular complexity index is 1530. The lowest BCUT2D eigenvalue weighted by Crippen LogP contribution is -2.44. The van der Waals surface area contributed by atoms with Gasteiger partial charge in [0, 0.05) is 28.9 Å². The normalized spacial score (nSPS) is 18.8. The van der Waals surface area contributed by atoms with Gasteiger partial charge in [0.1, 0.15) is 17.9 Å². The number of aliphatic carboxylic acids is 1. The van der Waals surface area contributed by atoms with Crippen molar-refractivity contribution in [2.24, 2.45) is 0 Å². The Hall–Kier alpha value is -3.72. The molecule has 1 heterocycles. The number of carbonyl (C=O) groups is 1. The highest BCUT2D eigenvalue weighted by Crippen LogP contribution is 2.53. The maximum atomic E-state index is 13.2. The van der Waals surface area contributed by atoms with Crippen molar-refractivity contribution in [3.8, 4) is 16.9 Å². The van der Waals surface area contributed by atoms with Crippen molar-refractivity contribution in [3.63, 3.8) is 0 Å². The minimum Gasteiger partial charge on any atom is -0.489 e. The van der Waals surface area contributed by atoms with E-state index < -0.39 is 27.4 Å². The molecule has 1 aromatic heterocycles. The number of sulfonamides is 1. The van der Waals surface area contributed by atoms with Gasteiger partial charge in [-0.25, -0.2) is 8.42 Å². The maximum Gasteiger partial charge on any atom is 0.325 e. The number of aromatic nitrogens is 1. The number of carboxylic acid groups (broad SMARTS) is 1. The number of ether oxygens (including phenoxy) is 1. The molecule has 5 rings (SSSR count). The molecule has 1 saturated carbocycles. The first-order valence-corrected chi connectivity index (χ1v) is 13.4. The third-order valence-electron chi connectivity index (χ3n) is 6.39. The summed E-state index contributed by atoms with van der Waals surface area (Å²) in [6.45, 7) is 0.310. The molecule has 1 aliphatic carbocycles. The van der Waals surface area contributed by atoms with Crippen LogP contribution in [-0.4, -0.2) is 30.0 Å². The summed E-state index contributed by atoms with van der Waals surface area (Å²) in [5, 5.41) is 10.6. The SMILES string of the molecule is O=C(O)C1(NS(=O)(=O)c2ccc(-c3ccc(Cl)cc3)cc2)C[C@H]1c1cccc(OCc2cccnc2)c1. The van der Waals surface area contributed by atoms with Crippen molar-refractivity contribution >= 4 is 27.6 Å². The molecule has 3 aromatic carbocycles. The van der Waals surface area contributed by atoms with Crippen molar-refractivity contribution in [3.05, 3.63) is 113 Å². The van der Waals surface area contributed by atoms with Gasteiger partial charge in [0.15, 0.2) is 0 Å². The highest BCUT2D eigenvalue weighted by molar-refractivity contribution is 7.89. The smallest absolute Gasteiger partial charge is 0.325 e. The number of nitrogens with one attached hydrogen (secondary N) is 1. The lowest BCUT2D eigenvalue weighted by Gasteiger charge is -2.16. The molecule has 9 heteroatoms. The number of hydrogen-bond donors (Lipinski definition) is 2. The van der Waals surface area contributed by atoms with Gasteiger partial charge in [-0.1, -0.05) is 54.1 Å². The number of benzene rings is 3. The van der Waals surface area contributed by atoms with Crippen LogP contribution in [0.4, 0.5) is 0 Å².